The number of amides is 1. The van der Waals surface area contributed by atoms with Crippen molar-refractivity contribution in [3.63, 3.8) is 0 Å². The van der Waals surface area contributed by atoms with E-state index in [1.807, 2.05) is 17.2 Å². The largest absolute Gasteiger partial charge is 0.338 e. The zero-order chi connectivity index (χ0) is 16.4. The quantitative estimate of drug-likeness (QED) is 0.744. The van der Waals surface area contributed by atoms with Crippen LogP contribution in [0, 0.1) is 5.92 Å². The van der Waals surface area contributed by atoms with Gasteiger partial charge in [-0.15, -0.1) is 0 Å². The summed E-state index contributed by atoms with van der Waals surface area (Å²) < 4.78 is 0. The highest BCUT2D eigenvalue weighted by atomic mass is 16.2. The smallest absolute Gasteiger partial charge is 0.253 e. The number of pyridine rings is 2. The van der Waals surface area contributed by atoms with Crippen molar-refractivity contribution in [2.75, 3.05) is 13.1 Å². The first-order chi connectivity index (χ1) is 11.8. The van der Waals surface area contributed by atoms with Gasteiger partial charge in [-0.05, 0) is 42.5 Å². The number of para-hydroxylation sites is 1. The van der Waals surface area contributed by atoms with Crippen LogP contribution in [0.5, 0.6) is 0 Å². The third kappa shape index (κ3) is 2.87. The number of carbonyl (C=O) groups is 1. The zero-order valence-corrected chi connectivity index (χ0v) is 13.4. The van der Waals surface area contributed by atoms with Crippen molar-refractivity contribution in [2.45, 2.75) is 12.8 Å². The van der Waals surface area contributed by atoms with Crippen LogP contribution in [0.25, 0.3) is 10.9 Å². The van der Waals surface area contributed by atoms with E-state index in [0.29, 0.717) is 5.92 Å². The summed E-state index contributed by atoms with van der Waals surface area (Å²) >= 11 is 0. The first kappa shape index (κ1) is 14.8. The minimum atomic E-state index is 0.107. The van der Waals surface area contributed by atoms with Gasteiger partial charge in [0.15, 0.2) is 0 Å². The van der Waals surface area contributed by atoms with Crippen LogP contribution in [0.3, 0.4) is 0 Å². The van der Waals surface area contributed by atoms with E-state index in [1.165, 1.54) is 10.9 Å². The second-order valence-electron chi connectivity index (χ2n) is 6.34. The molecular formula is C20H19N3O. The summed E-state index contributed by atoms with van der Waals surface area (Å²) in [5.74, 6) is 0.597. The first-order valence-electron chi connectivity index (χ1n) is 8.33. The Hall–Kier alpha value is -2.75. The van der Waals surface area contributed by atoms with Crippen LogP contribution in [0.2, 0.25) is 0 Å². The van der Waals surface area contributed by atoms with Gasteiger partial charge in [-0.2, -0.15) is 0 Å². The Kier molecular flexibility index (Phi) is 3.95. The molecule has 4 rings (SSSR count). The summed E-state index contributed by atoms with van der Waals surface area (Å²) in [6.07, 6.45) is 7.19. The Labute approximate surface area is 141 Å². The van der Waals surface area contributed by atoms with E-state index in [1.54, 1.807) is 24.5 Å². The highest BCUT2D eigenvalue weighted by Crippen LogP contribution is 2.25. The summed E-state index contributed by atoms with van der Waals surface area (Å²) in [4.78, 5) is 23.0. The molecule has 1 fully saturated rings. The third-order valence-electron chi connectivity index (χ3n) is 4.73. The standard InChI is InChI=1S/C20H19N3O/c24-20(17-6-10-21-11-7-17)23-12-8-15(14-23)13-18-4-1-3-16-5-2-9-22-19(16)18/h1-7,9-11,15H,8,12-14H2. The Balaban J connectivity index is 1.48. The summed E-state index contributed by atoms with van der Waals surface area (Å²) in [5, 5.41) is 1.18. The van der Waals surface area contributed by atoms with Gasteiger partial charge >= 0.3 is 0 Å². The van der Waals surface area contributed by atoms with Crippen LogP contribution >= 0.6 is 0 Å². The molecule has 24 heavy (non-hydrogen) atoms. The van der Waals surface area contributed by atoms with Crippen molar-refractivity contribution in [1.29, 1.82) is 0 Å². The van der Waals surface area contributed by atoms with Gasteiger partial charge in [-0.25, -0.2) is 0 Å². The summed E-state index contributed by atoms with van der Waals surface area (Å²) in [5.41, 5.74) is 3.08. The molecule has 3 aromatic rings. The number of likely N-dealkylation sites (tertiary alicyclic amines) is 1. The maximum atomic E-state index is 12.5. The molecule has 1 unspecified atom stereocenters. The number of rotatable bonds is 3. The van der Waals surface area contributed by atoms with Gasteiger partial charge in [0.05, 0.1) is 5.52 Å². The molecule has 3 heterocycles. The Bertz CT molecular complexity index is 858. The lowest BCUT2D eigenvalue weighted by molar-refractivity contribution is 0.0787. The number of hydrogen-bond donors (Lipinski definition) is 0. The van der Waals surface area contributed by atoms with Crippen molar-refractivity contribution in [3.05, 3.63) is 72.2 Å². The second-order valence-corrected chi connectivity index (χ2v) is 6.34. The predicted octanol–water partition coefficient (Wildman–Crippen LogP) is 3.33. The summed E-state index contributed by atoms with van der Waals surface area (Å²) in [7, 11) is 0. The molecule has 1 aliphatic heterocycles. The maximum Gasteiger partial charge on any atom is 0.253 e. The van der Waals surface area contributed by atoms with Crippen LogP contribution < -0.4 is 0 Å². The van der Waals surface area contributed by atoms with Crippen molar-refractivity contribution in [1.82, 2.24) is 14.9 Å². The van der Waals surface area contributed by atoms with E-state index in [9.17, 15) is 4.79 Å². The summed E-state index contributed by atoms with van der Waals surface area (Å²) in [6, 6.07) is 14.0. The second kappa shape index (κ2) is 6.40. The Morgan fingerprint density at radius 2 is 1.92 bits per heavy atom. The number of aromatic nitrogens is 2. The molecule has 120 valence electrons. The molecule has 0 spiro atoms. The lowest BCUT2D eigenvalue weighted by Gasteiger charge is -2.17. The molecule has 2 aromatic heterocycles. The van der Waals surface area contributed by atoms with Crippen molar-refractivity contribution >= 4 is 16.8 Å². The fraction of sp³-hybridized carbons (Fsp3) is 0.250. The number of carbonyl (C=O) groups excluding carboxylic acids is 1. The van der Waals surface area contributed by atoms with Crippen LogP contribution in [-0.2, 0) is 6.42 Å². The zero-order valence-electron chi connectivity index (χ0n) is 13.4. The van der Waals surface area contributed by atoms with Gasteiger partial charge in [0.2, 0.25) is 0 Å². The molecule has 0 bridgehead atoms. The highest BCUT2D eigenvalue weighted by Gasteiger charge is 2.27. The molecule has 4 nitrogen and oxygen atoms in total. The maximum absolute atomic E-state index is 12.5. The monoisotopic (exact) mass is 317 g/mol. The molecule has 0 radical (unpaired) electrons. The molecule has 1 atom stereocenters. The van der Waals surface area contributed by atoms with Gasteiger partial charge in [0.1, 0.15) is 0 Å². The lowest BCUT2D eigenvalue weighted by atomic mass is 9.96. The molecule has 1 saturated heterocycles. The van der Waals surface area contributed by atoms with E-state index in [-0.39, 0.29) is 5.91 Å². The van der Waals surface area contributed by atoms with E-state index < -0.39 is 0 Å². The number of benzene rings is 1. The molecule has 4 heteroatoms. The number of nitrogens with zero attached hydrogens (tertiary/aromatic N) is 3. The SMILES string of the molecule is O=C(c1ccncc1)N1CCC(Cc2cccc3cccnc23)C1. The Morgan fingerprint density at radius 3 is 2.79 bits per heavy atom. The lowest BCUT2D eigenvalue weighted by Crippen LogP contribution is -2.28. The fourth-order valence-electron chi connectivity index (χ4n) is 3.50. The molecule has 1 aliphatic rings. The van der Waals surface area contributed by atoms with Gasteiger partial charge in [-0.1, -0.05) is 24.3 Å². The van der Waals surface area contributed by atoms with Crippen molar-refractivity contribution in [2.24, 2.45) is 5.92 Å². The van der Waals surface area contributed by atoms with Crippen molar-refractivity contribution in [3.8, 4) is 0 Å². The number of fused-ring (bicyclic) bond motifs is 1. The minimum absolute atomic E-state index is 0.107. The van der Waals surface area contributed by atoms with Crippen LogP contribution in [-0.4, -0.2) is 33.9 Å². The van der Waals surface area contributed by atoms with Gasteiger partial charge in [-0.3, -0.25) is 14.8 Å². The van der Waals surface area contributed by atoms with Gasteiger partial charge in [0.25, 0.3) is 5.91 Å². The first-order valence-corrected chi connectivity index (χ1v) is 8.33. The minimum Gasteiger partial charge on any atom is -0.338 e. The molecule has 0 N–H and O–H groups in total. The van der Waals surface area contributed by atoms with Gasteiger partial charge in [0, 0.05) is 42.6 Å². The molecular weight excluding hydrogens is 298 g/mol. The normalized spacial score (nSPS) is 17.3. The predicted molar refractivity (Wildman–Crippen MR) is 93.7 cm³/mol. The summed E-state index contributed by atoms with van der Waals surface area (Å²) in [6.45, 7) is 1.63. The number of hydrogen-bond acceptors (Lipinski definition) is 3. The van der Waals surface area contributed by atoms with Gasteiger partial charge < -0.3 is 4.90 Å². The van der Waals surface area contributed by atoms with E-state index in [4.69, 9.17) is 0 Å². The van der Waals surface area contributed by atoms with Crippen LogP contribution in [0.15, 0.2) is 61.1 Å². The molecule has 0 saturated carbocycles. The molecule has 1 amide bonds. The van der Waals surface area contributed by atoms with Crippen LogP contribution in [0.4, 0.5) is 0 Å². The Morgan fingerprint density at radius 1 is 1.08 bits per heavy atom. The average Bonchev–Trinajstić information content (AvgIpc) is 3.11. The highest BCUT2D eigenvalue weighted by molar-refractivity contribution is 5.94. The fourth-order valence-corrected chi connectivity index (χ4v) is 3.50. The van der Waals surface area contributed by atoms with E-state index in [0.717, 1.165) is 37.0 Å². The van der Waals surface area contributed by atoms with E-state index in [2.05, 4.69) is 34.2 Å². The topological polar surface area (TPSA) is 46.1 Å². The third-order valence-corrected chi connectivity index (χ3v) is 4.73. The molecule has 0 aliphatic carbocycles. The van der Waals surface area contributed by atoms with Crippen LogP contribution in [0.1, 0.15) is 22.3 Å². The van der Waals surface area contributed by atoms with Crippen molar-refractivity contribution < 1.29 is 4.79 Å². The average molecular weight is 317 g/mol. The van der Waals surface area contributed by atoms with E-state index >= 15 is 0 Å². The molecule has 1 aromatic carbocycles.